The molecule has 1 N–H and O–H groups in total. The smallest absolute Gasteiger partial charge is 0.401 e. The van der Waals surface area contributed by atoms with E-state index < -0.39 is 24.5 Å². The monoisotopic (exact) mass is 450 g/mol. The second-order valence-corrected chi connectivity index (χ2v) is 7.36. The number of hydrogen-bond acceptors (Lipinski definition) is 7. The van der Waals surface area contributed by atoms with Crippen molar-refractivity contribution in [2.24, 2.45) is 0 Å². The molecule has 2 aliphatic rings. The SMILES string of the molecule is CCOC(=O)C1=C(N2CCN(CC(F)(F)F)CC2)O/C(=C\c2c[nH]c3ncccc23)C1=O. The molecule has 0 aromatic carbocycles. The van der Waals surface area contributed by atoms with Crippen molar-refractivity contribution in [2.75, 3.05) is 39.3 Å². The molecule has 170 valence electrons. The van der Waals surface area contributed by atoms with E-state index >= 15 is 0 Å². The summed E-state index contributed by atoms with van der Waals surface area (Å²) in [5.41, 5.74) is 1.03. The van der Waals surface area contributed by atoms with Gasteiger partial charge in [-0.3, -0.25) is 9.69 Å². The van der Waals surface area contributed by atoms with Crippen LogP contribution in [0.3, 0.4) is 0 Å². The lowest BCUT2D eigenvalue weighted by Gasteiger charge is -2.36. The summed E-state index contributed by atoms with van der Waals surface area (Å²) < 4.78 is 48.8. The molecule has 0 atom stereocenters. The number of alkyl halides is 3. The third kappa shape index (κ3) is 4.47. The van der Waals surface area contributed by atoms with E-state index in [4.69, 9.17) is 9.47 Å². The van der Waals surface area contributed by atoms with E-state index in [1.165, 1.54) is 11.0 Å². The molecule has 0 radical (unpaired) electrons. The summed E-state index contributed by atoms with van der Waals surface area (Å²) in [6, 6.07) is 3.58. The Kier molecular flexibility index (Phi) is 5.92. The molecule has 2 aliphatic heterocycles. The van der Waals surface area contributed by atoms with Crippen molar-refractivity contribution in [3.05, 3.63) is 47.3 Å². The second-order valence-electron chi connectivity index (χ2n) is 7.36. The maximum atomic E-state index is 13.0. The number of rotatable bonds is 5. The topological polar surface area (TPSA) is 87.8 Å². The molecule has 1 fully saturated rings. The first-order valence-corrected chi connectivity index (χ1v) is 10.1. The van der Waals surface area contributed by atoms with Gasteiger partial charge in [-0.15, -0.1) is 0 Å². The van der Waals surface area contributed by atoms with Crippen molar-refractivity contribution in [2.45, 2.75) is 13.1 Å². The third-order valence-corrected chi connectivity index (χ3v) is 5.18. The first kappa shape index (κ1) is 21.9. The Bertz CT molecular complexity index is 1100. The Hall–Kier alpha value is -3.34. The van der Waals surface area contributed by atoms with Gasteiger partial charge in [0, 0.05) is 49.5 Å². The van der Waals surface area contributed by atoms with Crippen LogP contribution in [0.1, 0.15) is 12.5 Å². The average molecular weight is 450 g/mol. The molecule has 0 saturated carbocycles. The summed E-state index contributed by atoms with van der Waals surface area (Å²) >= 11 is 0. The number of H-pyrrole nitrogens is 1. The van der Waals surface area contributed by atoms with Crippen LogP contribution in [0.15, 0.2) is 41.7 Å². The Balaban J connectivity index is 1.59. The number of allylic oxidation sites excluding steroid dienone is 1. The number of aromatic amines is 1. The molecule has 0 bridgehead atoms. The number of carbonyl (C=O) groups is 2. The van der Waals surface area contributed by atoms with Gasteiger partial charge < -0.3 is 19.4 Å². The van der Waals surface area contributed by atoms with Crippen molar-refractivity contribution in [1.29, 1.82) is 0 Å². The minimum absolute atomic E-state index is 0.0179. The van der Waals surface area contributed by atoms with E-state index in [0.717, 1.165) is 5.39 Å². The summed E-state index contributed by atoms with van der Waals surface area (Å²) in [7, 11) is 0. The quantitative estimate of drug-likeness (QED) is 0.425. The molecule has 0 unspecified atom stereocenters. The Labute approximate surface area is 181 Å². The van der Waals surface area contributed by atoms with Crippen molar-refractivity contribution in [3.63, 3.8) is 0 Å². The molecule has 4 heterocycles. The number of ether oxygens (including phenoxy) is 2. The molecule has 32 heavy (non-hydrogen) atoms. The fourth-order valence-electron chi connectivity index (χ4n) is 3.72. The van der Waals surface area contributed by atoms with Crippen LogP contribution in [0, 0.1) is 0 Å². The highest BCUT2D eigenvalue weighted by Crippen LogP contribution is 2.32. The van der Waals surface area contributed by atoms with Crippen LogP contribution in [0.4, 0.5) is 13.2 Å². The predicted octanol–water partition coefficient (Wildman–Crippen LogP) is 2.46. The minimum Gasteiger partial charge on any atom is -0.462 e. The predicted molar refractivity (Wildman–Crippen MR) is 108 cm³/mol. The summed E-state index contributed by atoms with van der Waals surface area (Å²) in [4.78, 5) is 35.6. The number of fused-ring (bicyclic) bond motifs is 1. The molecule has 0 spiro atoms. The zero-order valence-corrected chi connectivity index (χ0v) is 17.2. The number of Topliss-reactive ketones (excluding diaryl/α,β-unsaturated/α-hetero) is 1. The van der Waals surface area contributed by atoms with Gasteiger partial charge in [-0.25, -0.2) is 9.78 Å². The summed E-state index contributed by atoms with van der Waals surface area (Å²) in [5.74, 6) is -1.50. The number of aromatic nitrogens is 2. The first-order valence-electron chi connectivity index (χ1n) is 10.1. The maximum absolute atomic E-state index is 13.0. The van der Waals surface area contributed by atoms with Crippen molar-refractivity contribution < 1.29 is 32.2 Å². The molecule has 4 rings (SSSR count). The number of halogens is 3. The van der Waals surface area contributed by atoms with E-state index in [-0.39, 0.29) is 50.0 Å². The van der Waals surface area contributed by atoms with Gasteiger partial charge in [0.1, 0.15) is 5.65 Å². The van der Waals surface area contributed by atoms with Crippen molar-refractivity contribution >= 4 is 28.9 Å². The fraction of sp³-hybridized carbons (Fsp3) is 0.381. The maximum Gasteiger partial charge on any atom is 0.401 e. The largest absolute Gasteiger partial charge is 0.462 e. The lowest BCUT2D eigenvalue weighted by molar-refractivity contribution is -0.149. The third-order valence-electron chi connectivity index (χ3n) is 5.18. The number of carbonyl (C=O) groups excluding carboxylic acids is 2. The van der Waals surface area contributed by atoms with Crippen LogP contribution in [0.25, 0.3) is 17.1 Å². The van der Waals surface area contributed by atoms with Crippen LogP contribution in [-0.4, -0.2) is 77.0 Å². The zero-order chi connectivity index (χ0) is 22.9. The standard InChI is InChI=1S/C21H21F3N4O4/c1-2-31-20(30)16-17(29)15(10-13-11-26-18-14(13)4-3-5-25-18)32-19(16)28-8-6-27(7-9-28)12-21(22,23)24/h3-5,10-11H,2,6-9,12H2,1H3,(H,25,26)/b15-10-. The van der Waals surface area contributed by atoms with Crippen LogP contribution in [0.5, 0.6) is 0 Å². The van der Waals surface area contributed by atoms with Gasteiger partial charge >= 0.3 is 12.1 Å². The average Bonchev–Trinajstić information content (AvgIpc) is 3.29. The number of esters is 1. The van der Waals surface area contributed by atoms with Crippen molar-refractivity contribution in [3.8, 4) is 0 Å². The van der Waals surface area contributed by atoms with Gasteiger partial charge in [0.2, 0.25) is 11.7 Å². The van der Waals surface area contributed by atoms with E-state index in [1.54, 1.807) is 30.3 Å². The van der Waals surface area contributed by atoms with Crippen LogP contribution in [0.2, 0.25) is 0 Å². The molecule has 0 aliphatic carbocycles. The van der Waals surface area contributed by atoms with E-state index in [2.05, 4.69) is 9.97 Å². The van der Waals surface area contributed by atoms with Crippen LogP contribution < -0.4 is 0 Å². The van der Waals surface area contributed by atoms with Gasteiger partial charge in [-0.2, -0.15) is 13.2 Å². The number of pyridine rings is 1. The highest BCUT2D eigenvalue weighted by Gasteiger charge is 2.41. The lowest BCUT2D eigenvalue weighted by Crippen LogP contribution is -2.49. The lowest BCUT2D eigenvalue weighted by atomic mass is 10.1. The van der Waals surface area contributed by atoms with Crippen LogP contribution in [-0.2, 0) is 19.1 Å². The number of nitrogens with zero attached hydrogens (tertiary/aromatic N) is 3. The second kappa shape index (κ2) is 8.65. The van der Waals surface area contributed by atoms with E-state index in [1.807, 2.05) is 6.07 Å². The fourth-order valence-corrected chi connectivity index (χ4v) is 3.72. The molecule has 8 nitrogen and oxygen atoms in total. The number of hydrogen-bond donors (Lipinski definition) is 1. The highest BCUT2D eigenvalue weighted by molar-refractivity contribution is 6.26. The van der Waals surface area contributed by atoms with E-state index in [0.29, 0.717) is 11.2 Å². The number of ketones is 1. The number of nitrogens with one attached hydrogen (secondary N) is 1. The molecule has 11 heteroatoms. The molecule has 1 saturated heterocycles. The van der Waals surface area contributed by atoms with E-state index in [9.17, 15) is 22.8 Å². The summed E-state index contributed by atoms with van der Waals surface area (Å²) in [6.45, 7) is 1.25. The Morgan fingerprint density at radius 2 is 2.06 bits per heavy atom. The zero-order valence-electron chi connectivity index (χ0n) is 17.2. The Morgan fingerprint density at radius 3 is 2.75 bits per heavy atom. The van der Waals surface area contributed by atoms with Gasteiger partial charge in [-0.05, 0) is 25.1 Å². The molecular weight excluding hydrogens is 429 g/mol. The van der Waals surface area contributed by atoms with Gasteiger partial charge in [0.05, 0.1) is 13.2 Å². The van der Waals surface area contributed by atoms with Gasteiger partial charge in [0.25, 0.3) is 0 Å². The minimum atomic E-state index is -4.29. The molecular formula is C21H21F3N4O4. The number of piperazine rings is 1. The normalized spacial score (nSPS) is 19.2. The highest BCUT2D eigenvalue weighted by atomic mass is 19.4. The molecule has 2 aromatic heterocycles. The Morgan fingerprint density at radius 1 is 1.31 bits per heavy atom. The van der Waals surface area contributed by atoms with Crippen molar-refractivity contribution in [1.82, 2.24) is 19.8 Å². The molecule has 0 amide bonds. The molecule has 2 aromatic rings. The summed E-state index contributed by atoms with van der Waals surface area (Å²) in [6.07, 6.45) is 0.513. The first-order chi connectivity index (χ1) is 15.3. The van der Waals surface area contributed by atoms with Gasteiger partial charge in [-0.1, -0.05) is 0 Å². The van der Waals surface area contributed by atoms with Gasteiger partial charge in [0.15, 0.2) is 11.3 Å². The van der Waals surface area contributed by atoms with Crippen LogP contribution >= 0.6 is 0 Å². The summed E-state index contributed by atoms with van der Waals surface area (Å²) in [5, 5.41) is 0.767.